The van der Waals surface area contributed by atoms with Crippen molar-refractivity contribution in [2.75, 3.05) is 19.8 Å². The number of hydrogen-bond donors (Lipinski definition) is 2. The van der Waals surface area contributed by atoms with Gasteiger partial charge in [-0.3, -0.25) is 10.1 Å². The maximum Gasteiger partial charge on any atom is 0.269 e. The van der Waals surface area contributed by atoms with Crippen LogP contribution < -0.4 is 5.32 Å². The fourth-order valence-corrected chi connectivity index (χ4v) is 2.58. The quantitative estimate of drug-likeness (QED) is 0.442. The number of ether oxygens (including phenoxy) is 1. The maximum atomic E-state index is 10.8. The molecule has 0 saturated carbocycles. The van der Waals surface area contributed by atoms with Crippen LogP contribution in [0.4, 0.5) is 5.69 Å². The summed E-state index contributed by atoms with van der Waals surface area (Å²) in [5.74, 6) is 1.32. The molecule has 1 aromatic carbocycles. The van der Waals surface area contributed by atoms with Gasteiger partial charge in [-0.05, 0) is 24.0 Å². The molecule has 2 aromatic rings. The van der Waals surface area contributed by atoms with Crippen molar-refractivity contribution in [2.24, 2.45) is 11.8 Å². The Morgan fingerprint density at radius 2 is 1.89 bits per heavy atom. The minimum absolute atomic E-state index is 0.00265. The lowest BCUT2D eigenvalue weighted by Gasteiger charge is -2.21. The number of nitro benzene ring substituents is 1. The molecule has 2 atom stereocenters. The van der Waals surface area contributed by atoms with Crippen molar-refractivity contribution in [3.05, 3.63) is 40.3 Å². The van der Waals surface area contributed by atoms with Crippen molar-refractivity contribution < 1.29 is 19.3 Å². The number of aliphatic hydroxyl groups excluding tert-OH is 1. The van der Waals surface area contributed by atoms with E-state index in [1.165, 1.54) is 12.1 Å². The number of benzene rings is 1. The van der Waals surface area contributed by atoms with E-state index >= 15 is 0 Å². The summed E-state index contributed by atoms with van der Waals surface area (Å²) in [6.45, 7) is 9.32. The topological polar surface area (TPSA) is 124 Å². The Kier molecular flexibility index (Phi) is 8.04. The first-order valence-electron chi connectivity index (χ1n) is 9.35. The van der Waals surface area contributed by atoms with Gasteiger partial charge in [0.05, 0.1) is 23.7 Å². The van der Waals surface area contributed by atoms with E-state index < -0.39 is 11.0 Å². The Labute approximate surface area is 164 Å². The fourth-order valence-electron chi connectivity index (χ4n) is 2.58. The lowest BCUT2D eigenvalue weighted by molar-refractivity contribution is -0.384. The lowest BCUT2D eigenvalue weighted by atomic mass is 10.0. The first-order chi connectivity index (χ1) is 13.3. The van der Waals surface area contributed by atoms with E-state index in [9.17, 15) is 15.2 Å². The van der Waals surface area contributed by atoms with Gasteiger partial charge in [0.1, 0.15) is 0 Å². The fraction of sp³-hybridized carbons (Fsp3) is 0.579. The Morgan fingerprint density at radius 3 is 2.46 bits per heavy atom. The van der Waals surface area contributed by atoms with Crippen molar-refractivity contribution >= 4 is 5.69 Å². The molecule has 0 aliphatic carbocycles. The smallest absolute Gasteiger partial charge is 0.269 e. The first kappa shape index (κ1) is 21.9. The average molecular weight is 392 g/mol. The third kappa shape index (κ3) is 6.36. The summed E-state index contributed by atoms with van der Waals surface area (Å²) in [5.41, 5.74) is 0.632. The summed E-state index contributed by atoms with van der Waals surface area (Å²) in [6, 6.07) is 5.73. The van der Waals surface area contributed by atoms with Crippen molar-refractivity contribution in [3.8, 4) is 11.4 Å². The minimum atomic E-state index is -0.642. The molecule has 0 amide bonds. The van der Waals surface area contributed by atoms with E-state index in [-0.39, 0.29) is 24.3 Å². The van der Waals surface area contributed by atoms with Crippen molar-refractivity contribution in [2.45, 2.75) is 39.8 Å². The number of rotatable bonds is 11. The van der Waals surface area contributed by atoms with Gasteiger partial charge in [-0.2, -0.15) is 4.98 Å². The van der Waals surface area contributed by atoms with Crippen LogP contribution in [-0.4, -0.2) is 46.0 Å². The molecule has 0 aliphatic heterocycles. The second-order valence-corrected chi connectivity index (χ2v) is 7.48. The van der Waals surface area contributed by atoms with Gasteiger partial charge < -0.3 is 19.7 Å². The number of aromatic nitrogens is 2. The normalized spacial score (nSPS) is 13.8. The summed E-state index contributed by atoms with van der Waals surface area (Å²) in [7, 11) is 0. The highest BCUT2D eigenvalue weighted by atomic mass is 16.6. The van der Waals surface area contributed by atoms with Gasteiger partial charge in [-0.25, -0.2) is 0 Å². The predicted octanol–water partition coefficient (Wildman–Crippen LogP) is 2.97. The van der Waals surface area contributed by atoms with E-state index in [1.807, 2.05) is 13.8 Å². The molecular weight excluding hydrogens is 364 g/mol. The molecule has 2 rings (SSSR count). The van der Waals surface area contributed by atoms with Crippen LogP contribution in [0.25, 0.3) is 11.4 Å². The van der Waals surface area contributed by atoms with Crippen LogP contribution in [0.2, 0.25) is 0 Å². The van der Waals surface area contributed by atoms with Crippen LogP contribution >= 0.6 is 0 Å². The van der Waals surface area contributed by atoms with Gasteiger partial charge in [0.25, 0.3) is 5.69 Å². The van der Waals surface area contributed by atoms with Crippen LogP contribution in [0.15, 0.2) is 28.8 Å². The van der Waals surface area contributed by atoms with Crippen LogP contribution in [0.1, 0.15) is 39.6 Å². The highest BCUT2D eigenvalue weighted by Crippen LogP contribution is 2.24. The van der Waals surface area contributed by atoms with E-state index in [0.29, 0.717) is 36.3 Å². The third-order valence-electron chi connectivity index (χ3n) is 4.05. The zero-order chi connectivity index (χ0) is 20.7. The number of aliphatic hydroxyl groups is 1. The molecule has 1 aromatic heterocycles. The summed E-state index contributed by atoms with van der Waals surface area (Å²) < 4.78 is 10.8. The molecule has 0 saturated heterocycles. The molecule has 154 valence electrons. The Balaban J connectivity index is 1.99. The number of nitro groups is 1. The van der Waals surface area contributed by atoms with Crippen LogP contribution in [0.5, 0.6) is 0 Å². The van der Waals surface area contributed by atoms with Gasteiger partial charge in [0, 0.05) is 30.8 Å². The highest BCUT2D eigenvalue weighted by Gasteiger charge is 2.23. The highest BCUT2D eigenvalue weighted by molar-refractivity contribution is 5.56. The van der Waals surface area contributed by atoms with Gasteiger partial charge in [-0.1, -0.05) is 32.9 Å². The summed E-state index contributed by atoms with van der Waals surface area (Å²) in [4.78, 5) is 14.7. The standard InChI is InChI=1S/C19H28N4O5/c1-12(2)10-27-11-16(24)9-20-17(13(3)4)19-21-18(22-28-19)14-5-7-15(8-6-14)23(25)26/h5-8,12-13,16-17,20,24H,9-11H2,1-4H3/t16-,17+/m1/s1. The molecule has 0 radical (unpaired) electrons. The molecule has 0 unspecified atom stereocenters. The number of nitrogens with zero attached hydrogens (tertiary/aromatic N) is 3. The van der Waals surface area contributed by atoms with E-state index in [0.717, 1.165) is 0 Å². The summed E-state index contributed by atoms with van der Waals surface area (Å²) >= 11 is 0. The largest absolute Gasteiger partial charge is 0.389 e. The van der Waals surface area contributed by atoms with Crippen molar-refractivity contribution in [1.82, 2.24) is 15.5 Å². The average Bonchev–Trinajstić information content (AvgIpc) is 3.11. The number of non-ortho nitro benzene ring substituents is 1. The molecule has 0 spiro atoms. The monoisotopic (exact) mass is 392 g/mol. The molecule has 1 heterocycles. The lowest BCUT2D eigenvalue weighted by Crippen LogP contribution is -2.35. The molecule has 0 fully saturated rings. The van der Waals surface area contributed by atoms with Crippen LogP contribution in [0.3, 0.4) is 0 Å². The van der Waals surface area contributed by atoms with Crippen LogP contribution in [-0.2, 0) is 4.74 Å². The van der Waals surface area contributed by atoms with Crippen molar-refractivity contribution in [3.63, 3.8) is 0 Å². The van der Waals surface area contributed by atoms with Gasteiger partial charge in [0.15, 0.2) is 0 Å². The Bertz CT molecular complexity index is 745. The van der Waals surface area contributed by atoms with Gasteiger partial charge in [0.2, 0.25) is 11.7 Å². The molecule has 0 bridgehead atoms. The molecule has 9 heteroatoms. The maximum absolute atomic E-state index is 10.8. The first-order valence-corrected chi connectivity index (χ1v) is 9.35. The summed E-state index contributed by atoms with van der Waals surface area (Å²) in [5, 5.41) is 28.1. The number of nitrogens with one attached hydrogen (secondary N) is 1. The molecule has 28 heavy (non-hydrogen) atoms. The molecular formula is C19H28N4O5. The SMILES string of the molecule is CC(C)COC[C@H](O)CN[C@H](c1nc(-c2ccc([N+](=O)[O-])cc2)no1)C(C)C. The van der Waals surface area contributed by atoms with Gasteiger partial charge in [-0.15, -0.1) is 0 Å². The number of hydrogen-bond acceptors (Lipinski definition) is 8. The second-order valence-electron chi connectivity index (χ2n) is 7.48. The van der Waals surface area contributed by atoms with E-state index in [4.69, 9.17) is 9.26 Å². The van der Waals surface area contributed by atoms with Crippen LogP contribution in [0, 0.1) is 22.0 Å². The van der Waals surface area contributed by atoms with Crippen molar-refractivity contribution in [1.29, 1.82) is 0 Å². The summed E-state index contributed by atoms with van der Waals surface area (Å²) in [6.07, 6.45) is -0.642. The van der Waals surface area contributed by atoms with E-state index in [1.54, 1.807) is 12.1 Å². The van der Waals surface area contributed by atoms with E-state index in [2.05, 4.69) is 29.3 Å². The predicted molar refractivity (Wildman–Crippen MR) is 104 cm³/mol. The Hall–Kier alpha value is -2.36. The molecule has 0 aliphatic rings. The minimum Gasteiger partial charge on any atom is -0.389 e. The zero-order valence-electron chi connectivity index (χ0n) is 16.7. The Morgan fingerprint density at radius 1 is 1.21 bits per heavy atom. The zero-order valence-corrected chi connectivity index (χ0v) is 16.7. The molecule has 9 nitrogen and oxygen atoms in total. The second kappa shape index (κ2) is 10.3. The molecule has 2 N–H and O–H groups in total. The third-order valence-corrected chi connectivity index (χ3v) is 4.05. The van der Waals surface area contributed by atoms with Gasteiger partial charge >= 0.3 is 0 Å².